The Bertz CT molecular complexity index is 830. The summed E-state index contributed by atoms with van der Waals surface area (Å²) in [6, 6.07) is 0. The van der Waals surface area contributed by atoms with Crippen LogP contribution >= 0.6 is 11.3 Å². The van der Waals surface area contributed by atoms with E-state index in [0.29, 0.717) is 37.2 Å². The maximum atomic E-state index is 12.8. The number of carbonyl (C=O) groups excluding carboxylic acids is 1. The van der Waals surface area contributed by atoms with Crippen LogP contribution in [0.1, 0.15) is 63.7 Å². The molecule has 4 heterocycles. The van der Waals surface area contributed by atoms with Crippen LogP contribution in [-0.2, 0) is 15.9 Å². The summed E-state index contributed by atoms with van der Waals surface area (Å²) in [6.45, 7) is 7.25. The first-order valence-corrected chi connectivity index (χ1v) is 11.2. The van der Waals surface area contributed by atoms with E-state index in [1.807, 2.05) is 18.7 Å². The maximum absolute atomic E-state index is 12.8. The van der Waals surface area contributed by atoms with Crippen molar-refractivity contribution in [3.8, 4) is 0 Å². The summed E-state index contributed by atoms with van der Waals surface area (Å²) in [5, 5.41) is 5.02. The summed E-state index contributed by atoms with van der Waals surface area (Å²) < 4.78 is 16.9. The molecule has 0 spiro atoms. The van der Waals surface area contributed by atoms with E-state index in [1.165, 1.54) is 11.3 Å². The van der Waals surface area contributed by atoms with E-state index in [9.17, 15) is 4.79 Å². The lowest BCUT2D eigenvalue weighted by Crippen LogP contribution is -2.43. The zero-order valence-corrected chi connectivity index (χ0v) is 17.9. The Morgan fingerprint density at radius 2 is 2.07 bits per heavy atom. The molecule has 1 atom stereocenters. The molecular weight excluding hydrogens is 392 g/mol. The predicted molar refractivity (Wildman–Crippen MR) is 107 cm³/mol. The van der Waals surface area contributed by atoms with Crippen LogP contribution in [0.25, 0.3) is 0 Å². The average molecular weight is 421 g/mol. The molecular formula is C20H28N4O4S. The van der Waals surface area contributed by atoms with Gasteiger partial charge in [0.15, 0.2) is 5.82 Å². The van der Waals surface area contributed by atoms with Gasteiger partial charge in [0.05, 0.1) is 23.4 Å². The number of carbonyl (C=O) groups is 1. The van der Waals surface area contributed by atoms with E-state index < -0.39 is 0 Å². The van der Waals surface area contributed by atoms with Crippen LogP contribution < -0.4 is 0 Å². The van der Waals surface area contributed by atoms with Gasteiger partial charge in [-0.05, 0) is 39.5 Å². The van der Waals surface area contributed by atoms with E-state index in [1.54, 1.807) is 0 Å². The summed E-state index contributed by atoms with van der Waals surface area (Å²) in [5.74, 6) is 1.78. The SMILES string of the molecule is Cc1nc(C)c(C(=O)N2CCCC(OCCc3noc(C4CCOCC4)n3)C2)s1. The standard InChI is InChI=1S/C20H28N4O4S/c1-13-18(29-14(2)21-13)20(25)24-8-3-4-16(12-24)27-11-7-17-22-19(28-23-17)15-5-9-26-10-6-15/h15-16H,3-12H2,1-2H3. The minimum atomic E-state index is 0.0453. The molecule has 9 heteroatoms. The Morgan fingerprint density at radius 3 is 2.83 bits per heavy atom. The molecule has 0 aliphatic carbocycles. The van der Waals surface area contributed by atoms with Crippen LogP contribution in [0.3, 0.4) is 0 Å². The van der Waals surface area contributed by atoms with E-state index in [2.05, 4.69) is 15.1 Å². The fourth-order valence-electron chi connectivity index (χ4n) is 3.93. The van der Waals surface area contributed by atoms with E-state index in [-0.39, 0.29) is 12.0 Å². The van der Waals surface area contributed by atoms with E-state index in [4.69, 9.17) is 14.0 Å². The zero-order valence-electron chi connectivity index (χ0n) is 17.1. The third kappa shape index (κ3) is 5.02. The number of piperidine rings is 1. The maximum Gasteiger partial charge on any atom is 0.265 e. The lowest BCUT2D eigenvalue weighted by molar-refractivity contribution is 0.00264. The molecule has 2 aromatic heterocycles. The van der Waals surface area contributed by atoms with Gasteiger partial charge in [-0.2, -0.15) is 4.98 Å². The first kappa shape index (κ1) is 20.4. The fourth-order valence-corrected chi connectivity index (χ4v) is 4.82. The highest BCUT2D eigenvalue weighted by atomic mass is 32.1. The summed E-state index contributed by atoms with van der Waals surface area (Å²) in [4.78, 5) is 24.4. The molecule has 0 saturated carbocycles. The van der Waals surface area contributed by atoms with Gasteiger partial charge in [0, 0.05) is 38.6 Å². The molecule has 2 aliphatic heterocycles. The molecule has 0 aromatic carbocycles. The van der Waals surface area contributed by atoms with Gasteiger partial charge in [-0.1, -0.05) is 5.16 Å². The molecule has 1 unspecified atom stereocenters. The monoisotopic (exact) mass is 420 g/mol. The molecule has 2 saturated heterocycles. The second kappa shape index (κ2) is 9.32. The van der Waals surface area contributed by atoms with Crippen LogP contribution in [0.15, 0.2) is 4.52 Å². The van der Waals surface area contributed by atoms with Gasteiger partial charge >= 0.3 is 0 Å². The summed E-state index contributed by atoms with van der Waals surface area (Å²) in [6.07, 6.45) is 4.44. The molecule has 29 heavy (non-hydrogen) atoms. The van der Waals surface area contributed by atoms with Crippen molar-refractivity contribution in [2.45, 2.75) is 58.0 Å². The van der Waals surface area contributed by atoms with Crippen LogP contribution in [0.2, 0.25) is 0 Å². The number of ether oxygens (including phenoxy) is 2. The minimum absolute atomic E-state index is 0.0453. The molecule has 158 valence electrons. The first-order chi connectivity index (χ1) is 14.1. The number of hydrogen-bond acceptors (Lipinski definition) is 8. The van der Waals surface area contributed by atoms with Gasteiger partial charge in [-0.15, -0.1) is 11.3 Å². The fraction of sp³-hybridized carbons (Fsp3) is 0.700. The summed E-state index contributed by atoms with van der Waals surface area (Å²) >= 11 is 1.47. The van der Waals surface area contributed by atoms with Gasteiger partial charge in [0.1, 0.15) is 4.88 Å². The molecule has 8 nitrogen and oxygen atoms in total. The highest BCUT2D eigenvalue weighted by Crippen LogP contribution is 2.25. The second-order valence-corrected chi connectivity index (χ2v) is 8.92. The van der Waals surface area contributed by atoms with Crippen molar-refractivity contribution >= 4 is 17.2 Å². The minimum Gasteiger partial charge on any atom is -0.381 e. The van der Waals surface area contributed by atoms with Crippen molar-refractivity contribution in [1.82, 2.24) is 20.0 Å². The van der Waals surface area contributed by atoms with E-state index >= 15 is 0 Å². The van der Waals surface area contributed by atoms with Crippen molar-refractivity contribution in [3.05, 3.63) is 27.3 Å². The topological polar surface area (TPSA) is 90.6 Å². The van der Waals surface area contributed by atoms with Gasteiger partial charge in [-0.25, -0.2) is 4.98 Å². The van der Waals surface area contributed by atoms with Crippen LogP contribution in [0, 0.1) is 13.8 Å². The van der Waals surface area contributed by atoms with E-state index in [0.717, 1.165) is 61.0 Å². The first-order valence-electron chi connectivity index (χ1n) is 10.4. The second-order valence-electron chi connectivity index (χ2n) is 7.72. The Hall–Kier alpha value is -1.84. The van der Waals surface area contributed by atoms with Crippen molar-refractivity contribution in [2.75, 3.05) is 32.9 Å². The van der Waals surface area contributed by atoms with Crippen LogP contribution in [-0.4, -0.2) is 64.9 Å². The molecule has 0 N–H and O–H groups in total. The number of amides is 1. The number of thiazole rings is 1. The number of nitrogens with zero attached hydrogens (tertiary/aromatic N) is 4. The third-order valence-corrected chi connectivity index (χ3v) is 6.56. The normalized spacial score (nSPS) is 20.9. The van der Waals surface area contributed by atoms with Gasteiger partial charge in [0.25, 0.3) is 5.91 Å². The molecule has 1 amide bonds. The number of rotatable bonds is 6. The van der Waals surface area contributed by atoms with Gasteiger partial charge in [0.2, 0.25) is 5.89 Å². The number of likely N-dealkylation sites (tertiary alicyclic amines) is 1. The molecule has 0 bridgehead atoms. The third-order valence-electron chi connectivity index (χ3n) is 5.50. The Morgan fingerprint density at radius 1 is 1.24 bits per heavy atom. The van der Waals surface area contributed by atoms with Crippen LogP contribution in [0.4, 0.5) is 0 Å². The summed E-state index contributed by atoms with van der Waals surface area (Å²) in [5.41, 5.74) is 0.818. The number of aromatic nitrogens is 3. The lowest BCUT2D eigenvalue weighted by Gasteiger charge is -2.32. The number of hydrogen-bond donors (Lipinski definition) is 0. The molecule has 2 aliphatic rings. The van der Waals surface area contributed by atoms with Crippen molar-refractivity contribution in [3.63, 3.8) is 0 Å². The largest absolute Gasteiger partial charge is 0.381 e. The smallest absolute Gasteiger partial charge is 0.265 e. The highest BCUT2D eigenvalue weighted by Gasteiger charge is 2.27. The van der Waals surface area contributed by atoms with Crippen molar-refractivity contribution < 1.29 is 18.8 Å². The van der Waals surface area contributed by atoms with Gasteiger partial charge in [-0.3, -0.25) is 4.79 Å². The average Bonchev–Trinajstić information content (AvgIpc) is 3.34. The number of aryl methyl sites for hydroxylation is 2. The quantitative estimate of drug-likeness (QED) is 0.710. The highest BCUT2D eigenvalue weighted by molar-refractivity contribution is 7.13. The predicted octanol–water partition coefficient (Wildman–Crippen LogP) is 2.90. The molecule has 4 rings (SSSR count). The van der Waals surface area contributed by atoms with Crippen molar-refractivity contribution in [1.29, 1.82) is 0 Å². The summed E-state index contributed by atoms with van der Waals surface area (Å²) in [7, 11) is 0. The zero-order chi connectivity index (χ0) is 20.2. The Labute approximate surface area is 174 Å². The Balaban J connectivity index is 1.25. The lowest BCUT2D eigenvalue weighted by atomic mass is 10.0. The molecule has 0 radical (unpaired) electrons. The van der Waals surface area contributed by atoms with Crippen LogP contribution in [0.5, 0.6) is 0 Å². The van der Waals surface area contributed by atoms with Crippen molar-refractivity contribution in [2.24, 2.45) is 0 Å². The molecule has 2 fully saturated rings. The Kier molecular flexibility index (Phi) is 6.56. The van der Waals surface area contributed by atoms with Gasteiger partial charge < -0.3 is 18.9 Å². The molecule has 2 aromatic rings.